The van der Waals surface area contributed by atoms with Gasteiger partial charge in [-0.05, 0) is 19.8 Å². The summed E-state index contributed by atoms with van der Waals surface area (Å²) in [5.74, 6) is -0.342. The summed E-state index contributed by atoms with van der Waals surface area (Å²) in [5.41, 5.74) is 0. The van der Waals surface area contributed by atoms with Crippen molar-refractivity contribution in [1.29, 1.82) is 0 Å². The Labute approximate surface area is 129 Å². The van der Waals surface area contributed by atoms with Crippen LogP contribution < -0.4 is 5.32 Å². The van der Waals surface area contributed by atoms with Crippen molar-refractivity contribution in [2.75, 3.05) is 13.2 Å². The number of aryl methyl sites for hydroxylation is 1. The van der Waals surface area contributed by atoms with Crippen LogP contribution in [-0.4, -0.2) is 33.6 Å². The zero-order valence-electron chi connectivity index (χ0n) is 12.5. The van der Waals surface area contributed by atoms with Crippen LogP contribution in [0, 0.1) is 12.8 Å². The van der Waals surface area contributed by atoms with Crippen LogP contribution in [0.15, 0.2) is 15.4 Å². The molecule has 0 aromatic carbocycles. The molecule has 1 N–H and O–H groups in total. The largest absolute Gasteiger partial charge is 0.455 e. The molecule has 1 aromatic heterocycles. The molecule has 1 rings (SSSR count). The Balaban J connectivity index is 2.88. The molecule has 8 heteroatoms. The summed E-state index contributed by atoms with van der Waals surface area (Å²) >= 11 is 0. The molecule has 0 aliphatic rings. The number of nitrogens with one attached hydrogen (secondary N) is 1. The molecule has 1 unspecified atom stereocenters. The number of carbonyl (C=O) groups is 1. The normalized spacial score (nSPS) is 13.4. The minimum Gasteiger partial charge on any atom is -0.455 e. The third kappa shape index (κ3) is 5.01. The van der Waals surface area contributed by atoms with Crippen molar-refractivity contribution in [1.82, 2.24) is 5.32 Å². The molecule has 0 aliphatic carbocycles. The van der Waals surface area contributed by atoms with Gasteiger partial charge >= 0.3 is 0 Å². The molecule has 1 aromatic rings. The third-order valence-electron chi connectivity index (χ3n) is 2.98. The molecular weight excluding hydrogens is 318 g/mol. The van der Waals surface area contributed by atoms with Gasteiger partial charge in [0.25, 0.3) is 15.0 Å². The van der Waals surface area contributed by atoms with Gasteiger partial charge in [0.1, 0.15) is 10.7 Å². The molecule has 0 bridgehead atoms. The van der Waals surface area contributed by atoms with E-state index in [0.29, 0.717) is 13.2 Å². The number of carbonyl (C=O) groups excluding carboxylic acids is 1. The van der Waals surface area contributed by atoms with Gasteiger partial charge in [-0.3, -0.25) is 4.79 Å². The van der Waals surface area contributed by atoms with Crippen LogP contribution in [0.25, 0.3) is 0 Å². The zero-order chi connectivity index (χ0) is 16.2. The van der Waals surface area contributed by atoms with E-state index in [1.807, 2.05) is 20.8 Å². The van der Waals surface area contributed by atoms with Crippen molar-refractivity contribution in [2.45, 2.75) is 38.6 Å². The van der Waals surface area contributed by atoms with Gasteiger partial charge in [0, 0.05) is 23.4 Å². The van der Waals surface area contributed by atoms with Crippen molar-refractivity contribution < 1.29 is 22.4 Å². The maximum Gasteiger partial charge on any atom is 0.287 e. The molecule has 6 nitrogen and oxygen atoms in total. The Morgan fingerprint density at radius 1 is 1.48 bits per heavy atom. The van der Waals surface area contributed by atoms with Crippen LogP contribution in [0.2, 0.25) is 0 Å². The Morgan fingerprint density at radius 3 is 2.52 bits per heavy atom. The van der Waals surface area contributed by atoms with Crippen LogP contribution >= 0.6 is 10.7 Å². The summed E-state index contributed by atoms with van der Waals surface area (Å²) in [6.45, 7) is 8.13. The fraction of sp³-hybridized carbons (Fsp3) is 0.615. The van der Waals surface area contributed by atoms with E-state index < -0.39 is 15.0 Å². The Hall–Kier alpha value is -1.05. The molecule has 0 aliphatic heterocycles. The van der Waals surface area contributed by atoms with Crippen LogP contribution in [0.1, 0.15) is 37.1 Å². The molecule has 0 spiro atoms. The highest BCUT2D eigenvalue weighted by molar-refractivity contribution is 8.13. The van der Waals surface area contributed by atoms with Crippen molar-refractivity contribution >= 4 is 25.6 Å². The Bertz CT molecular complexity index is 594. The molecule has 1 amide bonds. The second kappa shape index (κ2) is 7.29. The maximum atomic E-state index is 12.1. The van der Waals surface area contributed by atoms with Gasteiger partial charge in [-0.2, -0.15) is 0 Å². The van der Waals surface area contributed by atoms with E-state index in [1.54, 1.807) is 0 Å². The molecule has 1 atom stereocenters. The molecular formula is C13H20ClNO5S. The van der Waals surface area contributed by atoms with Crippen LogP contribution in [0.5, 0.6) is 0 Å². The topological polar surface area (TPSA) is 85.6 Å². The fourth-order valence-electron chi connectivity index (χ4n) is 1.70. The highest BCUT2D eigenvalue weighted by Gasteiger charge is 2.24. The molecule has 0 saturated carbocycles. The van der Waals surface area contributed by atoms with Gasteiger partial charge in [0.05, 0.1) is 12.6 Å². The molecule has 120 valence electrons. The van der Waals surface area contributed by atoms with Gasteiger partial charge in [0.15, 0.2) is 5.76 Å². The van der Waals surface area contributed by atoms with E-state index in [0.717, 1.165) is 6.07 Å². The zero-order valence-corrected chi connectivity index (χ0v) is 14.0. The van der Waals surface area contributed by atoms with Crippen LogP contribution in [-0.2, 0) is 13.8 Å². The van der Waals surface area contributed by atoms with Gasteiger partial charge in [-0.15, -0.1) is 0 Å². The monoisotopic (exact) mass is 337 g/mol. The number of amides is 1. The Morgan fingerprint density at radius 2 is 2.10 bits per heavy atom. The molecule has 21 heavy (non-hydrogen) atoms. The second-order valence-electron chi connectivity index (χ2n) is 4.95. The number of hydrogen-bond acceptors (Lipinski definition) is 5. The van der Waals surface area contributed by atoms with E-state index >= 15 is 0 Å². The van der Waals surface area contributed by atoms with E-state index in [4.69, 9.17) is 19.8 Å². The lowest BCUT2D eigenvalue weighted by Gasteiger charge is -2.21. The smallest absolute Gasteiger partial charge is 0.287 e. The van der Waals surface area contributed by atoms with Crippen LogP contribution in [0.3, 0.4) is 0 Å². The molecule has 0 radical (unpaired) electrons. The first-order valence-corrected chi connectivity index (χ1v) is 8.91. The quantitative estimate of drug-likeness (QED) is 0.771. The van der Waals surface area contributed by atoms with Crippen molar-refractivity contribution in [2.24, 2.45) is 5.92 Å². The lowest BCUT2D eigenvalue weighted by Crippen LogP contribution is -2.41. The predicted octanol–water partition coefficient (Wildman–Crippen LogP) is 2.31. The summed E-state index contributed by atoms with van der Waals surface area (Å²) in [6.07, 6.45) is 0. The SMILES string of the molecule is CCOCC(NC(=O)c1cc(S(=O)(=O)Cl)c(C)o1)C(C)C. The summed E-state index contributed by atoms with van der Waals surface area (Å²) in [5, 5.41) is 2.76. The van der Waals surface area contributed by atoms with Crippen molar-refractivity contribution in [3.8, 4) is 0 Å². The predicted molar refractivity (Wildman–Crippen MR) is 79.1 cm³/mol. The summed E-state index contributed by atoms with van der Waals surface area (Å²) in [7, 11) is 1.34. The minimum atomic E-state index is -3.93. The lowest BCUT2D eigenvalue weighted by molar-refractivity contribution is 0.0782. The standard InChI is InChI=1S/C13H20ClNO5S/c1-5-19-7-10(8(2)3)15-13(16)11-6-12(9(4)20-11)21(14,17)18/h6,8,10H,5,7H2,1-4H3,(H,15,16). The van der Waals surface area contributed by atoms with E-state index in [9.17, 15) is 13.2 Å². The molecule has 0 saturated heterocycles. The first kappa shape index (κ1) is 18.0. The molecule has 1 heterocycles. The van der Waals surface area contributed by atoms with Gasteiger partial charge < -0.3 is 14.5 Å². The number of halogens is 1. The highest BCUT2D eigenvalue weighted by Crippen LogP contribution is 2.23. The van der Waals surface area contributed by atoms with E-state index in [2.05, 4.69) is 5.32 Å². The minimum absolute atomic E-state index is 0.0843. The molecule has 0 fully saturated rings. The summed E-state index contributed by atoms with van der Waals surface area (Å²) in [4.78, 5) is 11.9. The first-order valence-electron chi connectivity index (χ1n) is 6.60. The first-order chi connectivity index (χ1) is 9.66. The Kier molecular flexibility index (Phi) is 6.24. The number of rotatable bonds is 7. The van der Waals surface area contributed by atoms with Gasteiger partial charge in [-0.25, -0.2) is 8.42 Å². The van der Waals surface area contributed by atoms with E-state index in [-0.39, 0.29) is 28.4 Å². The maximum absolute atomic E-state index is 12.1. The number of furan rings is 1. The number of ether oxygens (including phenoxy) is 1. The average Bonchev–Trinajstić information content (AvgIpc) is 2.76. The number of hydrogen-bond donors (Lipinski definition) is 1. The van der Waals surface area contributed by atoms with Crippen molar-refractivity contribution in [3.05, 3.63) is 17.6 Å². The fourth-order valence-corrected chi connectivity index (χ4v) is 2.80. The van der Waals surface area contributed by atoms with Crippen molar-refractivity contribution in [3.63, 3.8) is 0 Å². The van der Waals surface area contributed by atoms with Gasteiger partial charge in [-0.1, -0.05) is 13.8 Å². The summed E-state index contributed by atoms with van der Waals surface area (Å²) in [6, 6.07) is 0.935. The van der Waals surface area contributed by atoms with Crippen LogP contribution in [0.4, 0.5) is 0 Å². The van der Waals surface area contributed by atoms with E-state index in [1.165, 1.54) is 6.92 Å². The average molecular weight is 338 g/mol. The lowest BCUT2D eigenvalue weighted by atomic mass is 10.1. The van der Waals surface area contributed by atoms with Gasteiger partial charge in [0.2, 0.25) is 0 Å². The highest BCUT2D eigenvalue weighted by atomic mass is 35.7. The summed E-state index contributed by atoms with van der Waals surface area (Å²) < 4.78 is 33.1. The second-order valence-corrected chi connectivity index (χ2v) is 7.49. The third-order valence-corrected chi connectivity index (χ3v) is 4.41.